The van der Waals surface area contributed by atoms with Gasteiger partial charge >= 0.3 is 6.18 Å². The zero-order chi connectivity index (χ0) is 18.4. The third-order valence-electron chi connectivity index (χ3n) is 3.85. The van der Waals surface area contributed by atoms with E-state index in [4.69, 9.17) is 0 Å². The lowest BCUT2D eigenvalue weighted by molar-refractivity contribution is -0.137. The Labute approximate surface area is 145 Å². The van der Waals surface area contributed by atoms with E-state index in [1.54, 1.807) is 26.0 Å². The summed E-state index contributed by atoms with van der Waals surface area (Å²) in [5, 5.41) is 1.68. The van der Waals surface area contributed by atoms with Gasteiger partial charge in [0.1, 0.15) is 0 Å². The molecule has 0 radical (unpaired) electrons. The van der Waals surface area contributed by atoms with Crippen molar-refractivity contribution in [3.8, 4) is 5.69 Å². The monoisotopic (exact) mass is 366 g/mol. The minimum Gasteiger partial charge on any atom is -0.317 e. The molecular formula is C17H13F3N2O2S. The number of carbonyl (C=O) groups is 2. The van der Waals surface area contributed by atoms with E-state index in [0.29, 0.717) is 17.0 Å². The summed E-state index contributed by atoms with van der Waals surface area (Å²) in [6.07, 6.45) is -2.97. The topological polar surface area (TPSA) is 51.1 Å². The molecule has 3 rings (SSSR count). The van der Waals surface area contributed by atoms with Crippen molar-refractivity contribution < 1.29 is 22.8 Å². The summed E-state index contributed by atoms with van der Waals surface area (Å²) < 4.78 is 41.4. The second kappa shape index (κ2) is 6.11. The van der Waals surface area contributed by atoms with Crippen LogP contribution >= 0.6 is 11.8 Å². The normalized spacial score (nSPS) is 16.6. The van der Waals surface area contributed by atoms with Crippen LogP contribution < -0.4 is 5.32 Å². The predicted octanol–water partition coefficient (Wildman–Crippen LogP) is 4.44. The minimum absolute atomic E-state index is 0.0225. The molecular weight excluding hydrogens is 353 g/mol. The molecule has 1 aliphatic heterocycles. The number of alkyl halides is 3. The van der Waals surface area contributed by atoms with Crippen LogP contribution in [0.2, 0.25) is 0 Å². The minimum atomic E-state index is -4.48. The molecule has 0 saturated carbocycles. The number of nitrogens with zero attached hydrogens (tertiary/aromatic N) is 1. The van der Waals surface area contributed by atoms with Crippen molar-refractivity contribution >= 4 is 29.0 Å². The van der Waals surface area contributed by atoms with Gasteiger partial charge in [0.2, 0.25) is 0 Å². The molecule has 2 aromatic rings. The zero-order valence-electron chi connectivity index (χ0n) is 13.3. The maximum atomic E-state index is 13.3. The van der Waals surface area contributed by atoms with Gasteiger partial charge in [0, 0.05) is 11.4 Å². The number of amides is 2. The highest BCUT2D eigenvalue weighted by atomic mass is 32.2. The van der Waals surface area contributed by atoms with E-state index >= 15 is 0 Å². The molecule has 0 spiro atoms. The molecule has 1 aromatic heterocycles. The first-order chi connectivity index (χ1) is 11.7. The molecule has 1 saturated heterocycles. The zero-order valence-corrected chi connectivity index (χ0v) is 14.1. The Morgan fingerprint density at radius 2 is 1.84 bits per heavy atom. The Hall–Kier alpha value is -2.48. The van der Waals surface area contributed by atoms with Gasteiger partial charge < -0.3 is 4.57 Å². The molecule has 1 N–H and O–H groups in total. The third-order valence-corrected chi connectivity index (χ3v) is 4.66. The Kier molecular flexibility index (Phi) is 4.24. The van der Waals surface area contributed by atoms with Gasteiger partial charge in [-0.3, -0.25) is 14.9 Å². The van der Waals surface area contributed by atoms with E-state index in [0.717, 1.165) is 17.8 Å². The van der Waals surface area contributed by atoms with Crippen LogP contribution in [-0.4, -0.2) is 15.7 Å². The molecule has 1 aliphatic rings. The van der Waals surface area contributed by atoms with Crippen molar-refractivity contribution in [2.45, 2.75) is 20.0 Å². The van der Waals surface area contributed by atoms with Gasteiger partial charge in [-0.1, -0.05) is 12.1 Å². The van der Waals surface area contributed by atoms with Crippen LogP contribution in [0.3, 0.4) is 0 Å². The van der Waals surface area contributed by atoms with Crippen molar-refractivity contribution in [2.24, 2.45) is 0 Å². The van der Waals surface area contributed by atoms with Crippen molar-refractivity contribution in [3.63, 3.8) is 0 Å². The van der Waals surface area contributed by atoms with Gasteiger partial charge in [-0.25, -0.2) is 0 Å². The largest absolute Gasteiger partial charge is 0.418 e. The van der Waals surface area contributed by atoms with Crippen molar-refractivity contribution in [1.29, 1.82) is 0 Å². The Bertz CT molecular complexity index is 913. The molecule has 130 valence electrons. The van der Waals surface area contributed by atoms with Crippen molar-refractivity contribution in [3.05, 3.63) is 57.8 Å². The number of benzene rings is 1. The second-order valence-corrected chi connectivity index (χ2v) is 6.54. The fraction of sp³-hybridized carbons (Fsp3) is 0.176. The molecule has 2 amide bonds. The average Bonchev–Trinajstić information content (AvgIpc) is 2.97. The van der Waals surface area contributed by atoms with Crippen LogP contribution in [-0.2, 0) is 11.0 Å². The molecule has 4 nitrogen and oxygen atoms in total. The molecule has 8 heteroatoms. The predicted molar refractivity (Wildman–Crippen MR) is 89.4 cm³/mol. The van der Waals surface area contributed by atoms with E-state index in [-0.39, 0.29) is 10.6 Å². The quantitative estimate of drug-likeness (QED) is 0.800. The number of para-hydroxylation sites is 1. The van der Waals surface area contributed by atoms with Gasteiger partial charge in [-0.15, -0.1) is 0 Å². The number of nitrogens with one attached hydrogen (secondary N) is 1. The lowest BCUT2D eigenvalue weighted by Crippen LogP contribution is -2.17. The van der Waals surface area contributed by atoms with E-state index in [1.165, 1.54) is 22.8 Å². The number of aromatic nitrogens is 1. The molecule has 1 aromatic carbocycles. The maximum absolute atomic E-state index is 13.3. The number of hydrogen-bond acceptors (Lipinski definition) is 3. The van der Waals surface area contributed by atoms with Crippen LogP contribution in [0.4, 0.5) is 18.0 Å². The Balaban J connectivity index is 2.13. The van der Waals surface area contributed by atoms with Gasteiger partial charge in [0.25, 0.3) is 11.1 Å². The van der Waals surface area contributed by atoms with E-state index in [2.05, 4.69) is 5.32 Å². The van der Waals surface area contributed by atoms with Crippen molar-refractivity contribution in [2.75, 3.05) is 0 Å². The maximum Gasteiger partial charge on any atom is 0.418 e. The highest BCUT2D eigenvalue weighted by molar-refractivity contribution is 8.18. The average molecular weight is 366 g/mol. The fourth-order valence-electron chi connectivity index (χ4n) is 2.78. The van der Waals surface area contributed by atoms with E-state index in [1.807, 2.05) is 0 Å². The molecule has 1 fully saturated rings. The smallest absolute Gasteiger partial charge is 0.317 e. The summed E-state index contributed by atoms with van der Waals surface area (Å²) in [6, 6.07) is 7.01. The summed E-state index contributed by atoms with van der Waals surface area (Å²) in [5.41, 5.74) is 1.01. The van der Waals surface area contributed by atoms with Crippen LogP contribution in [0.5, 0.6) is 0 Å². The number of rotatable bonds is 2. The summed E-state index contributed by atoms with van der Waals surface area (Å²) >= 11 is 0.768. The standard InChI is InChI=1S/C17H13F3N2O2S/c1-9-7-11(8-14-15(23)21-16(24)25-14)10(2)22(9)13-6-4-3-5-12(13)17(18,19)20/h3-8H,1-2H3,(H,21,23,24)/b14-8-. The van der Waals surface area contributed by atoms with Gasteiger partial charge in [-0.2, -0.15) is 13.2 Å². The lowest BCUT2D eigenvalue weighted by atomic mass is 10.1. The van der Waals surface area contributed by atoms with Crippen LogP contribution in [0.25, 0.3) is 11.8 Å². The summed E-state index contributed by atoms with van der Waals surface area (Å²) in [7, 11) is 0. The number of imide groups is 1. The van der Waals surface area contributed by atoms with Gasteiger partial charge in [0.05, 0.1) is 16.2 Å². The van der Waals surface area contributed by atoms with Crippen LogP contribution in [0, 0.1) is 13.8 Å². The SMILES string of the molecule is Cc1cc(/C=C2\SC(=O)NC2=O)c(C)n1-c1ccccc1C(F)(F)F. The molecule has 0 atom stereocenters. The van der Waals surface area contributed by atoms with Gasteiger partial charge in [-0.05, 0) is 55.4 Å². The molecule has 0 unspecified atom stereocenters. The highest BCUT2D eigenvalue weighted by Gasteiger charge is 2.34. The first kappa shape index (κ1) is 17.3. The number of hydrogen-bond donors (Lipinski definition) is 1. The third kappa shape index (κ3) is 3.21. The first-order valence-electron chi connectivity index (χ1n) is 7.29. The fourth-order valence-corrected chi connectivity index (χ4v) is 3.45. The lowest BCUT2D eigenvalue weighted by Gasteiger charge is -2.16. The van der Waals surface area contributed by atoms with Crippen LogP contribution in [0.15, 0.2) is 35.2 Å². The summed E-state index contributed by atoms with van der Waals surface area (Å²) in [4.78, 5) is 23.1. The molecule has 0 aliphatic carbocycles. The van der Waals surface area contributed by atoms with E-state index < -0.39 is 22.9 Å². The number of aryl methyl sites for hydroxylation is 1. The number of halogens is 3. The molecule has 0 bridgehead atoms. The first-order valence-corrected chi connectivity index (χ1v) is 8.10. The Morgan fingerprint density at radius 1 is 1.16 bits per heavy atom. The Morgan fingerprint density at radius 3 is 2.44 bits per heavy atom. The summed E-state index contributed by atoms with van der Waals surface area (Å²) in [5.74, 6) is -0.504. The molecule has 25 heavy (non-hydrogen) atoms. The van der Waals surface area contributed by atoms with Crippen LogP contribution in [0.1, 0.15) is 22.5 Å². The van der Waals surface area contributed by atoms with E-state index in [9.17, 15) is 22.8 Å². The molecule has 2 heterocycles. The number of carbonyl (C=O) groups excluding carboxylic acids is 2. The summed E-state index contributed by atoms with van der Waals surface area (Å²) in [6.45, 7) is 3.36. The highest BCUT2D eigenvalue weighted by Crippen LogP contribution is 2.36. The van der Waals surface area contributed by atoms with Crippen molar-refractivity contribution in [1.82, 2.24) is 9.88 Å². The second-order valence-electron chi connectivity index (χ2n) is 5.53. The van der Waals surface area contributed by atoms with Gasteiger partial charge in [0.15, 0.2) is 0 Å². The number of thioether (sulfide) groups is 1.